The number of nitrogens with one attached hydrogen (secondary N) is 1. The Labute approximate surface area is 130 Å². The molecule has 1 amide bonds. The van der Waals surface area contributed by atoms with E-state index in [2.05, 4.69) is 10.2 Å². The molecule has 5 nitrogen and oxygen atoms in total. The van der Waals surface area contributed by atoms with Crippen LogP contribution in [0.2, 0.25) is 0 Å². The quantitative estimate of drug-likeness (QED) is 0.943. The third kappa shape index (κ3) is 3.30. The Hall–Kier alpha value is -2.30. The van der Waals surface area contributed by atoms with Crippen LogP contribution in [0.3, 0.4) is 0 Å². The van der Waals surface area contributed by atoms with Gasteiger partial charge >= 0.3 is 0 Å². The normalized spacial score (nSPS) is 18.2. The van der Waals surface area contributed by atoms with Crippen molar-refractivity contribution in [3.63, 3.8) is 0 Å². The standard InChI is InChI=1S/C17H21N3O2/c1-22-15-6-4-13(5-7-15)11-17(21)20-10-2-3-14(12-20)16-8-9-18-19-16/h4-9,14H,2-3,10-12H2,1H3,(H,18,19). The zero-order valence-corrected chi connectivity index (χ0v) is 12.8. The number of rotatable bonds is 4. The summed E-state index contributed by atoms with van der Waals surface area (Å²) in [6.07, 6.45) is 4.36. The first kappa shape index (κ1) is 14.6. The van der Waals surface area contributed by atoms with Gasteiger partial charge in [0.1, 0.15) is 5.75 Å². The van der Waals surface area contributed by atoms with Crippen molar-refractivity contribution >= 4 is 5.91 Å². The predicted octanol–water partition coefficient (Wildman–Crippen LogP) is 2.37. The molecule has 2 heterocycles. The number of piperidine rings is 1. The van der Waals surface area contributed by atoms with Gasteiger partial charge < -0.3 is 9.64 Å². The Balaban J connectivity index is 1.61. The smallest absolute Gasteiger partial charge is 0.227 e. The van der Waals surface area contributed by atoms with Crippen LogP contribution >= 0.6 is 0 Å². The molecule has 1 aromatic heterocycles. The van der Waals surface area contributed by atoms with Gasteiger partial charge in [-0.3, -0.25) is 9.89 Å². The molecule has 1 atom stereocenters. The molecule has 1 N–H and O–H groups in total. The van der Waals surface area contributed by atoms with E-state index in [1.165, 1.54) is 0 Å². The number of ether oxygens (including phenoxy) is 1. The van der Waals surface area contributed by atoms with E-state index in [4.69, 9.17) is 4.74 Å². The number of carbonyl (C=O) groups is 1. The molecule has 1 aliphatic rings. The van der Waals surface area contributed by atoms with E-state index in [0.29, 0.717) is 12.3 Å². The Morgan fingerprint density at radius 2 is 2.18 bits per heavy atom. The van der Waals surface area contributed by atoms with Crippen LogP contribution in [-0.4, -0.2) is 41.2 Å². The molecule has 2 aromatic rings. The molecule has 0 bridgehead atoms. The summed E-state index contributed by atoms with van der Waals surface area (Å²) >= 11 is 0. The number of carbonyl (C=O) groups excluding carboxylic acids is 1. The zero-order valence-electron chi connectivity index (χ0n) is 12.8. The second-order valence-corrected chi connectivity index (χ2v) is 5.72. The Bertz CT molecular complexity index is 607. The highest BCUT2D eigenvalue weighted by molar-refractivity contribution is 5.79. The van der Waals surface area contributed by atoms with Crippen LogP contribution in [0, 0.1) is 0 Å². The average molecular weight is 299 g/mol. The second kappa shape index (κ2) is 6.64. The van der Waals surface area contributed by atoms with Crippen molar-refractivity contribution in [2.45, 2.75) is 25.2 Å². The van der Waals surface area contributed by atoms with E-state index in [9.17, 15) is 4.79 Å². The lowest BCUT2D eigenvalue weighted by Crippen LogP contribution is -2.40. The Morgan fingerprint density at radius 3 is 2.86 bits per heavy atom. The van der Waals surface area contributed by atoms with Crippen LogP contribution in [0.25, 0.3) is 0 Å². The Kier molecular flexibility index (Phi) is 4.42. The van der Waals surface area contributed by atoms with Crippen LogP contribution < -0.4 is 4.74 Å². The molecule has 116 valence electrons. The summed E-state index contributed by atoms with van der Waals surface area (Å²) < 4.78 is 5.14. The van der Waals surface area contributed by atoms with Gasteiger partial charge in [-0.15, -0.1) is 0 Å². The first-order chi connectivity index (χ1) is 10.8. The van der Waals surface area contributed by atoms with Crippen molar-refractivity contribution in [2.24, 2.45) is 0 Å². The molecule has 22 heavy (non-hydrogen) atoms. The molecule has 3 rings (SSSR count). The third-order valence-corrected chi connectivity index (χ3v) is 4.25. The van der Waals surface area contributed by atoms with Crippen LogP contribution in [0.4, 0.5) is 0 Å². The summed E-state index contributed by atoms with van der Waals surface area (Å²) in [5.74, 6) is 1.37. The maximum absolute atomic E-state index is 12.5. The molecule has 0 radical (unpaired) electrons. The first-order valence-corrected chi connectivity index (χ1v) is 7.66. The SMILES string of the molecule is COc1ccc(CC(=O)N2CCCC(c3ccn[nH]3)C2)cc1. The van der Waals surface area contributed by atoms with Gasteiger partial charge in [-0.25, -0.2) is 0 Å². The van der Waals surface area contributed by atoms with Crippen molar-refractivity contribution < 1.29 is 9.53 Å². The number of hydrogen-bond donors (Lipinski definition) is 1. The van der Waals surface area contributed by atoms with Crippen molar-refractivity contribution in [2.75, 3.05) is 20.2 Å². The molecular weight excluding hydrogens is 278 g/mol. The number of aromatic nitrogens is 2. The maximum atomic E-state index is 12.5. The van der Waals surface area contributed by atoms with Crippen molar-refractivity contribution in [3.05, 3.63) is 47.8 Å². The fourth-order valence-corrected chi connectivity index (χ4v) is 2.98. The van der Waals surface area contributed by atoms with Crippen LogP contribution in [-0.2, 0) is 11.2 Å². The minimum Gasteiger partial charge on any atom is -0.497 e. The highest BCUT2D eigenvalue weighted by Crippen LogP contribution is 2.25. The van der Waals surface area contributed by atoms with E-state index in [0.717, 1.165) is 42.9 Å². The average Bonchev–Trinajstić information content (AvgIpc) is 3.10. The third-order valence-electron chi connectivity index (χ3n) is 4.25. The van der Waals surface area contributed by atoms with E-state index in [-0.39, 0.29) is 5.91 Å². The van der Waals surface area contributed by atoms with Gasteiger partial charge in [0.2, 0.25) is 5.91 Å². The summed E-state index contributed by atoms with van der Waals surface area (Å²) in [5, 5.41) is 7.04. The van der Waals surface area contributed by atoms with Gasteiger partial charge in [0.15, 0.2) is 0 Å². The van der Waals surface area contributed by atoms with E-state index in [1.54, 1.807) is 13.3 Å². The maximum Gasteiger partial charge on any atom is 0.227 e. The topological polar surface area (TPSA) is 58.2 Å². The number of amides is 1. The van der Waals surface area contributed by atoms with Crippen molar-refractivity contribution in [1.29, 1.82) is 0 Å². The first-order valence-electron chi connectivity index (χ1n) is 7.66. The largest absolute Gasteiger partial charge is 0.497 e. The fourth-order valence-electron chi connectivity index (χ4n) is 2.98. The molecule has 0 spiro atoms. The van der Waals surface area contributed by atoms with E-state index in [1.807, 2.05) is 35.2 Å². The number of nitrogens with zero attached hydrogens (tertiary/aromatic N) is 2. The zero-order chi connectivity index (χ0) is 15.4. The minimum absolute atomic E-state index is 0.189. The summed E-state index contributed by atoms with van der Waals surface area (Å²) in [4.78, 5) is 14.5. The molecular formula is C17H21N3O2. The Morgan fingerprint density at radius 1 is 1.36 bits per heavy atom. The molecule has 1 unspecified atom stereocenters. The summed E-state index contributed by atoms with van der Waals surface area (Å²) in [5.41, 5.74) is 2.15. The van der Waals surface area contributed by atoms with Gasteiger partial charge in [0.25, 0.3) is 0 Å². The molecule has 0 aliphatic carbocycles. The molecule has 0 saturated carbocycles. The number of benzene rings is 1. The van der Waals surface area contributed by atoms with Gasteiger partial charge in [-0.2, -0.15) is 5.10 Å². The lowest BCUT2D eigenvalue weighted by molar-refractivity contribution is -0.131. The van der Waals surface area contributed by atoms with Gasteiger partial charge in [-0.05, 0) is 36.6 Å². The van der Waals surface area contributed by atoms with Gasteiger partial charge in [0.05, 0.1) is 13.5 Å². The van der Waals surface area contributed by atoms with Crippen molar-refractivity contribution in [1.82, 2.24) is 15.1 Å². The second-order valence-electron chi connectivity index (χ2n) is 5.72. The number of aromatic amines is 1. The molecule has 1 fully saturated rings. The lowest BCUT2D eigenvalue weighted by Gasteiger charge is -2.32. The van der Waals surface area contributed by atoms with Gasteiger partial charge in [-0.1, -0.05) is 12.1 Å². The van der Waals surface area contributed by atoms with Crippen molar-refractivity contribution in [3.8, 4) is 5.75 Å². The van der Waals surface area contributed by atoms with Gasteiger partial charge in [0, 0.05) is 30.9 Å². The van der Waals surface area contributed by atoms with Crippen LogP contribution in [0.5, 0.6) is 5.75 Å². The molecule has 1 saturated heterocycles. The predicted molar refractivity (Wildman–Crippen MR) is 83.8 cm³/mol. The number of methoxy groups -OCH3 is 1. The molecule has 1 aliphatic heterocycles. The summed E-state index contributed by atoms with van der Waals surface area (Å²) in [6, 6.07) is 9.70. The highest BCUT2D eigenvalue weighted by Gasteiger charge is 2.25. The summed E-state index contributed by atoms with van der Waals surface area (Å²) in [7, 11) is 1.64. The van der Waals surface area contributed by atoms with Crippen LogP contribution in [0.15, 0.2) is 36.5 Å². The van der Waals surface area contributed by atoms with Crippen LogP contribution in [0.1, 0.15) is 30.0 Å². The highest BCUT2D eigenvalue weighted by atomic mass is 16.5. The number of hydrogen-bond acceptors (Lipinski definition) is 3. The fraction of sp³-hybridized carbons (Fsp3) is 0.412. The van der Waals surface area contributed by atoms with E-state index >= 15 is 0 Å². The molecule has 1 aromatic carbocycles. The number of likely N-dealkylation sites (tertiary alicyclic amines) is 1. The van der Waals surface area contributed by atoms with E-state index < -0.39 is 0 Å². The lowest BCUT2D eigenvalue weighted by atomic mass is 9.94. The molecule has 5 heteroatoms. The number of H-pyrrole nitrogens is 1. The monoisotopic (exact) mass is 299 g/mol. The summed E-state index contributed by atoms with van der Waals surface area (Å²) in [6.45, 7) is 1.62. The minimum atomic E-state index is 0.189.